The number of thiocarbonyl (C=S) groups is 1. The lowest BCUT2D eigenvalue weighted by molar-refractivity contribution is -0.133. The average molecular weight is 550 g/mol. The van der Waals surface area contributed by atoms with Crippen LogP contribution in [0, 0.1) is 0 Å². The lowest BCUT2D eigenvalue weighted by Crippen LogP contribution is -2.46. The largest absolute Gasteiger partial charge is 0.497 e. The molecule has 0 saturated carbocycles. The maximum Gasteiger partial charge on any atom is 0.285 e. The van der Waals surface area contributed by atoms with E-state index in [-0.39, 0.29) is 22.6 Å². The van der Waals surface area contributed by atoms with Gasteiger partial charge >= 0.3 is 0 Å². The number of hydrogen-bond acceptors (Lipinski definition) is 8. The zero-order chi connectivity index (χ0) is 26.5. The van der Waals surface area contributed by atoms with Gasteiger partial charge in [0.25, 0.3) is 5.91 Å². The van der Waals surface area contributed by atoms with E-state index in [1.54, 1.807) is 17.9 Å². The first kappa shape index (κ1) is 26.1. The SMILES string of the molecule is COc1ccc(-c2nn(-c3ccccc3)cc2/C=C2\SC(=S)N(NC(=O)CCN3CCOCC3)C2=O)cc1. The molecule has 2 aromatic carbocycles. The summed E-state index contributed by atoms with van der Waals surface area (Å²) in [5.74, 6) is 0.112. The molecule has 2 amide bonds. The van der Waals surface area contributed by atoms with E-state index in [0.29, 0.717) is 30.4 Å². The third-order valence-corrected chi connectivity index (χ3v) is 7.50. The van der Waals surface area contributed by atoms with Crippen LogP contribution < -0.4 is 10.2 Å². The van der Waals surface area contributed by atoms with Gasteiger partial charge in [0.05, 0.1) is 36.6 Å². The number of benzene rings is 2. The van der Waals surface area contributed by atoms with Crippen molar-refractivity contribution in [3.05, 3.63) is 71.3 Å². The third kappa shape index (κ3) is 5.97. The van der Waals surface area contributed by atoms with Crippen LogP contribution >= 0.6 is 24.0 Å². The highest BCUT2D eigenvalue weighted by Crippen LogP contribution is 2.34. The Bertz CT molecular complexity index is 1350. The summed E-state index contributed by atoms with van der Waals surface area (Å²) in [4.78, 5) is 28.4. The molecule has 2 aliphatic heterocycles. The number of hydrogen-bond donors (Lipinski definition) is 1. The quantitative estimate of drug-likeness (QED) is 0.338. The van der Waals surface area contributed by atoms with Crippen molar-refractivity contribution < 1.29 is 19.1 Å². The minimum Gasteiger partial charge on any atom is -0.497 e. The number of para-hydroxylation sites is 1. The van der Waals surface area contributed by atoms with Crippen molar-refractivity contribution in [1.82, 2.24) is 25.1 Å². The van der Waals surface area contributed by atoms with E-state index in [2.05, 4.69) is 10.3 Å². The Morgan fingerprint density at radius 2 is 1.89 bits per heavy atom. The van der Waals surface area contributed by atoms with Gasteiger partial charge in [0, 0.05) is 43.4 Å². The van der Waals surface area contributed by atoms with Crippen molar-refractivity contribution >= 4 is 46.2 Å². The van der Waals surface area contributed by atoms with Crippen LogP contribution in [-0.4, -0.2) is 75.8 Å². The standard InChI is InChI=1S/C27H27N5O4S2/c1-35-22-9-7-19(8-10-22)25-20(18-31(29-25)21-5-3-2-4-6-21)17-23-26(34)32(27(37)38-23)28-24(33)11-12-30-13-15-36-16-14-30/h2-10,17-18H,11-16H2,1H3,(H,28,33)/b23-17-. The molecule has 2 aliphatic rings. The maximum atomic E-state index is 13.2. The van der Waals surface area contributed by atoms with Crippen molar-refractivity contribution in [2.24, 2.45) is 0 Å². The van der Waals surface area contributed by atoms with Crippen LogP contribution in [0.2, 0.25) is 0 Å². The van der Waals surface area contributed by atoms with E-state index < -0.39 is 0 Å². The number of rotatable bonds is 8. The Morgan fingerprint density at radius 3 is 2.61 bits per heavy atom. The summed E-state index contributed by atoms with van der Waals surface area (Å²) in [6.45, 7) is 3.53. The molecule has 0 atom stereocenters. The second kappa shape index (κ2) is 11.9. The summed E-state index contributed by atoms with van der Waals surface area (Å²) in [6.07, 6.45) is 3.91. The van der Waals surface area contributed by atoms with Gasteiger partial charge < -0.3 is 9.47 Å². The second-order valence-corrected chi connectivity index (χ2v) is 10.4. The second-order valence-electron chi connectivity index (χ2n) is 8.70. The molecule has 3 aromatic rings. The van der Waals surface area contributed by atoms with Gasteiger partial charge in [-0.2, -0.15) is 10.1 Å². The predicted octanol–water partition coefficient (Wildman–Crippen LogP) is 3.50. The van der Waals surface area contributed by atoms with Gasteiger partial charge in [0.15, 0.2) is 4.32 Å². The monoisotopic (exact) mass is 549 g/mol. The van der Waals surface area contributed by atoms with Gasteiger partial charge in [-0.15, -0.1) is 0 Å². The topological polar surface area (TPSA) is 88.9 Å². The van der Waals surface area contributed by atoms with E-state index in [1.807, 2.05) is 60.8 Å². The number of methoxy groups -OCH3 is 1. The van der Waals surface area contributed by atoms with Crippen molar-refractivity contribution in [2.75, 3.05) is 40.0 Å². The highest BCUT2D eigenvalue weighted by molar-refractivity contribution is 8.26. The smallest absolute Gasteiger partial charge is 0.285 e. The average Bonchev–Trinajstić information content (AvgIpc) is 3.49. The summed E-state index contributed by atoms with van der Waals surface area (Å²) in [7, 11) is 1.62. The number of hydrazine groups is 1. The summed E-state index contributed by atoms with van der Waals surface area (Å²) in [5, 5.41) is 5.96. The van der Waals surface area contributed by atoms with Crippen LogP contribution in [0.25, 0.3) is 23.0 Å². The summed E-state index contributed by atoms with van der Waals surface area (Å²) >= 11 is 6.58. The lowest BCUT2D eigenvalue weighted by Gasteiger charge is -2.26. The molecule has 5 rings (SSSR count). The molecule has 3 heterocycles. The minimum absolute atomic E-state index is 0.259. The van der Waals surface area contributed by atoms with Gasteiger partial charge in [-0.1, -0.05) is 30.0 Å². The number of nitrogens with one attached hydrogen (secondary N) is 1. The van der Waals surface area contributed by atoms with Gasteiger partial charge in [0.1, 0.15) is 5.75 Å². The van der Waals surface area contributed by atoms with Gasteiger partial charge in [-0.25, -0.2) is 4.68 Å². The fraction of sp³-hybridized carbons (Fsp3) is 0.259. The number of amides is 2. The molecule has 1 N–H and O–H groups in total. The molecule has 2 saturated heterocycles. The Hall–Kier alpha value is -3.51. The number of thioether (sulfide) groups is 1. The van der Waals surface area contributed by atoms with Crippen molar-refractivity contribution in [3.8, 4) is 22.7 Å². The number of morpholine rings is 1. The van der Waals surface area contributed by atoms with E-state index in [1.165, 1.54) is 0 Å². The van der Waals surface area contributed by atoms with Crippen LogP contribution in [0.4, 0.5) is 0 Å². The fourth-order valence-corrected chi connectivity index (χ4v) is 5.32. The molecule has 38 heavy (non-hydrogen) atoms. The van der Waals surface area contributed by atoms with Crippen molar-refractivity contribution in [2.45, 2.75) is 6.42 Å². The highest BCUT2D eigenvalue weighted by atomic mass is 32.2. The first-order valence-corrected chi connectivity index (χ1v) is 13.4. The van der Waals surface area contributed by atoms with Gasteiger partial charge in [-0.3, -0.25) is 19.9 Å². The number of nitrogens with zero attached hydrogens (tertiary/aromatic N) is 4. The molecule has 0 unspecified atom stereocenters. The number of ether oxygens (including phenoxy) is 2. The zero-order valence-corrected chi connectivity index (χ0v) is 22.5. The molecule has 1 aromatic heterocycles. The normalized spacial score (nSPS) is 17.3. The highest BCUT2D eigenvalue weighted by Gasteiger charge is 2.34. The molecule has 9 nitrogen and oxygen atoms in total. The molecule has 0 aliphatic carbocycles. The molecular weight excluding hydrogens is 522 g/mol. The molecule has 0 bridgehead atoms. The first-order valence-electron chi connectivity index (χ1n) is 12.2. The Balaban J connectivity index is 1.36. The molecule has 0 spiro atoms. The zero-order valence-electron chi connectivity index (χ0n) is 20.8. The summed E-state index contributed by atoms with van der Waals surface area (Å²) in [5.41, 5.74) is 5.89. The first-order chi connectivity index (χ1) is 18.5. The molecule has 2 fully saturated rings. The lowest BCUT2D eigenvalue weighted by atomic mass is 10.1. The summed E-state index contributed by atoms with van der Waals surface area (Å²) < 4.78 is 12.7. The van der Waals surface area contributed by atoms with E-state index in [4.69, 9.17) is 26.8 Å². The number of carbonyl (C=O) groups excluding carboxylic acids is 2. The van der Waals surface area contributed by atoms with E-state index >= 15 is 0 Å². The van der Waals surface area contributed by atoms with Crippen molar-refractivity contribution in [3.63, 3.8) is 0 Å². The maximum absolute atomic E-state index is 13.2. The van der Waals surface area contributed by atoms with Crippen LogP contribution in [-0.2, 0) is 14.3 Å². The molecule has 0 radical (unpaired) electrons. The number of carbonyl (C=O) groups is 2. The Morgan fingerprint density at radius 1 is 1.16 bits per heavy atom. The van der Waals surface area contributed by atoms with Crippen LogP contribution in [0.1, 0.15) is 12.0 Å². The third-order valence-electron chi connectivity index (χ3n) is 6.20. The summed E-state index contributed by atoms with van der Waals surface area (Å²) in [6, 6.07) is 17.3. The molecule has 196 valence electrons. The number of aromatic nitrogens is 2. The Labute approximate surface area is 230 Å². The van der Waals surface area contributed by atoms with E-state index in [0.717, 1.165) is 52.4 Å². The van der Waals surface area contributed by atoms with Crippen molar-refractivity contribution in [1.29, 1.82) is 0 Å². The minimum atomic E-state index is -0.368. The molecular formula is C27H27N5O4S2. The van der Waals surface area contributed by atoms with Crippen LogP contribution in [0.5, 0.6) is 5.75 Å². The van der Waals surface area contributed by atoms with Gasteiger partial charge in [-0.05, 0) is 54.7 Å². The predicted molar refractivity (Wildman–Crippen MR) is 151 cm³/mol. The fourth-order valence-electron chi connectivity index (χ4n) is 4.15. The van der Waals surface area contributed by atoms with Crippen LogP contribution in [0.3, 0.4) is 0 Å². The Kier molecular flexibility index (Phi) is 8.18. The van der Waals surface area contributed by atoms with Gasteiger partial charge in [0.2, 0.25) is 5.91 Å². The van der Waals surface area contributed by atoms with Crippen LogP contribution in [0.15, 0.2) is 65.7 Å². The molecule has 11 heteroatoms. The van der Waals surface area contributed by atoms with E-state index in [9.17, 15) is 9.59 Å².